The van der Waals surface area contributed by atoms with Gasteiger partial charge in [-0.25, -0.2) is 0 Å². The van der Waals surface area contributed by atoms with E-state index in [0.29, 0.717) is 16.7 Å². The monoisotopic (exact) mass is 359 g/mol. The molecule has 5 nitrogen and oxygen atoms in total. The molecule has 2 aromatic rings. The summed E-state index contributed by atoms with van der Waals surface area (Å²) in [6.45, 7) is 0.351. The highest BCUT2D eigenvalue weighted by Gasteiger charge is 2.14. The van der Waals surface area contributed by atoms with Gasteiger partial charge in [-0.15, -0.1) is 0 Å². The molecule has 0 radical (unpaired) electrons. The van der Waals surface area contributed by atoms with Crippen molar-refractivity contribution in [1.82, 2.24) is 9.78 Å². The zero-order valence-corrected chi connectivity index (χ0v) is 11.7. The Balaban J connectivity index is 2.36. The van der Waals surface area contributed by atoms with Crippen LogP contribution in [0.25, 0.3) is 0 Å². The highest BCUT2D eigenvalue weighted by atomic mass is 79.9. The third kappa shape index (κ3) is 2.73. The van der Waals surface area contributed by atoms with Crippen molar-refractivity contribution < 1.29 is 4.92 Å². The Morgan fingerprint density at radius 1 is 1.35 bits per heavy atom. The third-order valence-corrected chi connectivity index (χ3v) is 3.24. The predicted molar refractivity (Wildman–Crippen MR) is 69.8 cm³/mol. The van der Waals surface area contributed by atoms with Crippen LogP contribution in [0.4, 0.5) is 5.69 Å². The van der Waals surface area contributed by atoms with E-state index in [1.165, 1.54) is 6.07 Å². The van der Waals surface area contributed by atoms with Gasteiger partial charge in [0.15, 0.2) is 0 Å². The smallest absolute Gasteiger partial charge is 0.258 e. The van der Waals surface area contributed by atoms with Crippen LogP contribution in [-0.4, -0.2) is 14.7 Å². The molecule has 0 amide bonds. The Kier molecular flexibility index (Phi) is 3.58. The summed E-state index contributed by atoms with van der Waals surface area (Å²) in [7, 11) is 0. The standard InChI is InChI=1S/C10H7Br2N3O2/c11-9-5-10(12)14(13-9)6-7-3-1-2-4-8(7)15(16)17/h1-5H,6H2. The molecule has 0 spiro atoms. The highest BCUT2D eigenvalue weighted by molar-refractivity contribution is 9.11. The fraction of sp³-hybridized carbons (Fsp3) is 0.100. The molecule has 0 unspecified atom stereocenters. The maximum atomic E-state index is 10.9. The average molecular weight is 361 g/mol. The van der Waals surface area contributed by atoms with Gasteiger partial charge in [0.2, 0.25) is 0 Å². The normalized spacial score (nSPS) is 10.5. The van der Waals surface area contributed by atoms with Crippen LogP contribution in [0.3, 0.4) is 0 Å². The summed E-state index contributed by atoms with van der Waals surface area (Å²) in [6.07, 6.45) is 0. The van der Waals surface area contributed by atoms with Crippen molar-refractivity contribution in [3.8, 4) is 0 Å². The van der Waals surface area contributed by atoms with E-state index in [1.807, 2.05) is 0 Å². The summed E-state index contributed by atoms with van der Waals surface area (Å²) >= 11 is 6.58. The Bertz CT molecular complexity index is 568. The van der Waals surface area contributed by atoms with E-state index in [2.05, 4.69) is 37.0 Å². The first-order valence-electron chi connectivity index (χ1n) is 4.69. The zero-order valence-electron chi connectivity index (χ0n) is 8.51. The summed E-state index contributed by atoms with van der Waals surface area (Å²) in [5.74, 6) is 0. The third-order valence-electron chi connectivity index (χ3n) is 2.21. The van der Waals surface area contributed by atoms with Gasteiger partial charge in [-0.1, -0.05) is 18.2 Å². The molecule has 0 bridgehead atoms. The van der Waals surface area contributed by atoms with Crippen molar-refractivity contribution in [2.24, 2.45) is 0 Å². The molecule has 1 aromatic carbocycles. The molecule has 0 saturated carbocycles. The van der Waals surface area contributed by atoms with Gasteiger partial charge in [0, 0.05) is 12.1 Å². The minimum absolute atomic E-state index is 0.103. The summed E-state index contributed by atoms with van der Waals surface area (Å²) in [5, 5.41) is 15.0. The number of aromatic nitrogens is 2. The van der Waals surface area contributed by atoms with Crippen LogP contribution in [-0.2, 0) is 6.54 Å². The van der Waals surface area contributed by atoms with Gasteiger partial charge in [0.25, 0.3) is 5.69 Å². The number of nitrogens with zero attached hydrogens (tertiary/aromatic N) is 3. The SMILES string of the molecule is O=[N+]([O-])c1ccccc1Cn1nc(Br)cc1Br. The van der Waals surface area contributed by atoms with Crippen molar-refractivity contribution in [3.63, 3.8) is 0 Å². The van der Waals surface area contributed by atoms with E-state index < -0.39 is 0 Å². The molecule has 0 N–H and O–H groups in total. The lowest BCUT2D eigenvalue weighted by Crippen LogP contribution is -2.04. The zero-order chi connectivity index (χ0) is 12.4. The fourth-order valence-electron chi connectivity index (χ4n) is 1.46. The van der Waals surface area contributed by atoms with Gasteiger partial charge >= 0.3 is 0 Å². The molecule has 7 heteroatoms. The molecule has 0 fully saturated rings. The Hall–Kier alpha value is -1.21. The van der Waals surface area contributed by atoms with E-state index in [1.54, 1.807) is 28.9 Å². The molecule has 1 aromatic heterocycles. The minimum atomic E-state index is -0.387. The second-order valence-electron chi connectivity index (χ2n) is 3.33. The number of nitro benzene ring substituents is 1. The molecular formula is C10H7Br2N3O2. The van der Waals surface area contributed by atoms with E-state index in [0.717, 1.165) is 4.60 Å². The summed E-state index contributed by atoms with van der Waals surface area (Å²) in [6, 6.07) is 8.42. The van der Waals surface area contributed by atoms with E-state index in [4.69, 9.17) is 0 Å². The van der Waals surface area contributed by atoms with Crippen LogP contribution in [0.1, 0.15) is 5.56 Å². The highest BCUT2D eigenvalue weighted by Crippen LogP contribution is 2.22. The molecule has 0 aliphatic rings. The van der Waals surface area contributed by atoms with Crippen molar-refractivity contribution in [2.75, 3.05) is 0 Å². The first kappa shape index (κ1) is 12.3. The number of rotatable bonds is 3. The molecule has 2 rings (SSSR count). The van der Waals surface area contributed by atoms with Crippen molar-refractivity contribution in [2.45, 2.75) is 6.54 Å². The van der Waals surface area contributed by atoms with Gasteiger partial charge in [-0.05, 0) is 31.9 Å². The molecule has 17 heavy (non-hydrogen) atoms. The maximum absolute atomic E-state index is 10.9. The van der Waals surface area contributed by atoms with Gasteiger partial charge < -0.3 is 0 Å². The van der Waals surface area contributed by atoms with Crippen LogP contribution >= 0.6 is 31.9 Å². The quantitative estimate of drug-likeness (QED) is 0.622. The largest absolute Gasteiger partial charge is 0.274 e. The lowest BCUT2D eigenvalue weighted by molar-refractivity contribution is -0.385. The van der Waals surface area contributed by atoms with Gasteiger partial charge in [-0.2, -0.15) is 5.10 Å². The first-order chi connectivity index (χ1) is 8.08. The van der Waals surface area contributed by atoms with Crippen molar-refractivity contribution in [3.05, 3.63) is 55.2 Å². The number of hydrogen-bond acceptors (Lipinski definition) is 3. The number of halogens is 2. The van der Waals surface area contributed by atoms with Crippen molar-refractivity contribution >= 4 is 37.5 Å². The molecular weight excluding hydrogens is 354 g/mol. The summed E-state index contributed by atoms with van der Waals surface area (Å²) in [5.41, 5.74) is 0.722. The van der Waals surface area contributed by atoms with Crippen LogP contribution in [0.5, 0.6) is 0 Å². The Morgan fingerprint density at radius 2 is 2.06 bits per heavy atom. The lowest BCUT2D eigenvalue weighted by atomic mass is 10.2. The number of nitro groups is 1. The van der Waals surface area contributed by atoms with Crippen LogP contribution in [0.15, 0.2) is 39.5 Å². The fourth-order valence-corrected chi connectivity index (χ4v) is 2.60. The maximum Gasteiger partial charge on any atom is 0.274 e. The minimum Gasteiger partial charge on any atom is -0.258 e. The van der Waals surface area contributed by atoms with Crippen molar-refractivity contribution in [1.29, 1.82) is 0 Å². The second kappa shape index (κ2) is 4.97. The summed E-state index contributed by atoms with van der Waals surface area (Å²) in [4.78, 5) is 10.5. The molecule has 88 valence electrons. The van der Waals surface area contributed by atoms with Gasteiger partial charge in [0.1, 0.15) is 9.21 Å². The molecule has 0 aliphatic carbocycles. The number of hydrogen-bond donors (Lipinski definition) is 0. The lowest BCUT2D eigenvalue weighted by Gasteiger charge is -2.04. The summed E-state index contributed by atoms with van der Waals surface area (Å²) < 4.78 is 3.09. The van der Waals surface area contributed by atoms with E-state index in [-0.39, 0.29) is 10.6 Å². The molecule has 1 heterocycles. The van der Waals surface area contributed by atoms with E-state index in [9.17, 15) is 10.1 Å². The first-order valence-corrected chi connectivity index (χ1v) is 6.27. The molecule has 0 aliphatic heterocycles. The van der Waals surface area contributed by atoms with Crippen LogP contribution < -0.4 is 0 Å². The van der Waals surface area contributed by atoms with Gasteiger partial charge in [0.05, 0.1) is 17.0 Å². The Labute approximate surface area is 114 Å². The van der Waals surface area contributed by atoms with Crippen LogP contribution in [0, 0.1) is 10.1 Å². The number of benzene rings is 1. The van der Waals surface area contributed by atoms with Crippen LogP contribution in [0.2, 0.25) is 0 Å². The van der Waals surface area contributed by atoms with Gasteiger partial charge in [-0.3, -0.25) is 14.8 Å². The number of para-hydroxylation sites is 1. The topological polar surface area (TPSA) is 61.0 Å². The molecule has 0 saturated heterocycles. The second-order valence-corrected chi connectivity index (χ2v) is 4.96. The molecule has 0 atom stereocenters. The predicted octanol–water partition coefficient (Wildman–Crippen LogP) is 3.36. The van der Waals surface area contributed by atoms with E-state index >= 15 is 0 Å². The Morgan fingerprint density at radius 3 is 2.65 bits per heavy atom. The average Bonchev–Trinajstić information content (AvgIpc) is 2.58.